The fourth-order valence-corrected chi connectivity index (χ4v) is 3.56. The molecule has 2 atom stereocenters. The zero-order chi connectivity index (χ0) is 12.1. The zero-order valence-corrected chi connectivity index (χ0v) is 10.4. The molecule has 0 radical (unpaired) electrons. The Bertz CT molecular complexity index is 454. The monoisotopic (exact) mass is 246 g/mol. The number of hydrogen-bond donors (Lipinski definition) is 1. The fraction of sp³-hybridized carbons (Fsp3) is 0.692. The first-order valence-corrected chi connectivity index (χ1v) is 6.86. The van der Waals surface area contributed by atoms with Gasteiger partial charge in [0.05, 0.1) is 6.54 Å². The lowest BCUT2D eigenvalue weighted by Crippen LogP contribution is -2.38. The van der Waals surface area contributed by atoms with E-state index in [1.54, 1.807) is 6.20 Å². The maximum Gasteiger partial charge on any atom is 0.224 e. The summed E-state index contributed by atoms with van der Waals surface area (Å²) in [5.74, 6) is 1.38. The molecule has 18 heavy (non-hydrogen) atoms. The predicted octanol–water partition coefficient (Wildman–Crippen LogP) is 0.747. The molecule has 2 aliphatic heterocycles. The Labute approximate surface area is 106 Å². The van der Waals surface area contributed by atoms with Crippen molar-refractivity contribution in [3.05, 3.63) is 18.2 Å². The Morgan fingerprint density at radius 3 is 2.94 bits per heavy atom. The van der Waals surface area contributed by atoms with E-state index >= 15 is 0 Å². The first-order valence-electron chi connectivity index (χ1n) is 6.86. The topological polar surface area (TPSA) is 52.2 Å². The highest BCUT2D eigenvalue weighted by atomic mass is 16.2. The van der Waals surface area contributed by atoms with Crippen LogP contribution in [0.1, 0.15) is 31.5 Å². The number of carbonyl (C=O) groups excluding carboxylic acids is 1. The Hall–Kier alpha value is -1.36. The first kappa shape index (κ1) is 10.6. The van der Waals surface area contributed by atoms with Crippen LogP contribution in [0.15, 0.2) is 12.4 Å². The third kappa shape index (κ3) is 1.57. The van der Waals surface area contributed by atoms with Gasteiger partial charge in [0.15, 0.2) is 0 Å². The van der Waals surface area contributed by atoms with E-state index in [1.807, 2.05) is 6.20 Å². The van der Waals surface area contributed by atoms with Gasteiger partial charge in [-0.05, 0) is 19.3 Å². The Balaban J connectivity index is 1.50. The van der Waals surface area contributed by atoms with Crippen molar-refractivity contribution >= 4 is 5.91 Å². The minimum atomic E-state index is 0.372. The lowest BCUT2D eigenvalue weighted by atomic mass is 10.1. The van der Waals surface area contributed by atoms with Crippen molar-refractivity contribution in [3.63, 3.8) is 0 Å². The molecule has 3 heterocycles. The van der Waals surface area contributed by atoms with Gasteiger partial charge in [0, 0.05) is 43.5 Å². The van der Waals surface area contributed by atoms with Gasteiger partial charge in [0.25, 0.3) is 0 Å². The molecule has 0 spiro atoms. The molecule has 3 fully saturated rings. The molecule has 4 rings (SSSR count). The molecule has 1 amide bonds. The van der Waals surface area contributed by atoms with Crippen LogP contribution in [0.25, 0.3) is 0 Å². The number of fused-ring (bicyclic) bond motifs is 1. The highest BCUT2D eigenvalue weighted by Crippen LogP contribution is 2.40. The number of likely N-dealkylation sites (tertiary alicyclic amines) is 2. The number of imidazole rings is 1. The van der Waals surface area contributed by atoms with Crippen LogP contribution in [0.5, 0.6) is 0 Å². The summed E-state index contributed by atoms with van der Waals surface area (Å²) in [6, 6.07) is 1.46. The number of carbonyl (C=O) groups is 1. The highest BCUT2D eigenvalue weighted by Gasteiger charge is 2.51. The van der Waals surface area contributed by atoms with Crippen molar-refractivity contribution in [3.8, 4) is 0 Å². The normalized spacial score (nSPS) is 32.2. The lowest BCUT2D eigenvalue weighted by molar-refractivity contribution is -0.129. The Morgan fingerprint density at radius 2 is 2.22 bits per heavy atom. The van der Waals surface area contributed by atoms with Gasteiger partial charge in [0.1, 0.15) is 5.82 Å². The minimum Gasteiger partial charge on any atom is -0.348 e. The molecule has 1 saturated carbocycles. The van der Waals surface area contributed by atoms with E-state index < -0.39 is 0 Å². The first-order chi connectivity index (χ1) is 8.83. The van der Waals surface area contributed by atoms with Crippen molar-refractivity contribution in [1.82, 2.24) is 19.8 Å². The van der Waals surface area contributed by atoms with Crippen LogP contribution in [0.4, 0.5) is 0 Å². The second-order valence-electron chi connectivity index (χ2n) is 5.67. The quantitative estimate of drug-likeness (QED) is 0.856. The van der Waals surface area contributed by atoms with Crippen LogP contribution in [0, 0.1) is 0 Å². The summed E-state index contributed by atoms with van der Waals surface area (Å²) in [5.41, 5.74) is 0. The van der Waals surface area contributed by atoms with Crippen molar-refractivity contribution in [2.24, 2.45) is 0 Å². The number of hydrogen-bond acceptors (Lipinski definition) is 3. The molecule has 3 aliphatic rings. The molecule has 0 bridgehead atoms. The maximum atomic E-state index is 12.1. The highest BCUT2D eigenvalue weighted by molar-refractivity contribution is 5.81. The van der Waals surface area contributed by atoms with E-state index in [0.717, 1.165) is 25.3 Å². The number of aromatic nitrogens is 2. The number of H-pyrrole nitrogens is 1. The molecule has 0 unspecified atom stereocenters. The van der Waals surface area contributed by atoms with E-state index in [0.29, 0.717) is 30.5 Å². The van der Waals surface area contributed by atoms with Gasteiger partial charge in [-0.3, -0.25) is 9.69 Å². The summed E-state index contributed by atoms with van der Waals surface area (Å²) < 4.78 is 0. The van der Waals surface area contributed by atoms with Gasteiger partial charge in [-0.25, -0.2) is 4.98 Å². The van der Waals surface area contributed by atoms with Gasteiger partial charge in [0.2, 0.25) is 5.91 Å². The summed E-state index contributed by atoms with van der Waals surface area (Å²) in [5, 5.41) is 0. The third-order valence-corrected chi connectivity index (χ3v) is 4.50. The van der Waals surface area contributed by atoms with Crippen molar-refractivity contribution in [2.45, 2.75) is 50.4 Å². The maximum absolute atomic E-state index is 12.1. The summed E-state index contributed by atoms with van der Waals surface area (Å²) in [6.07, 6.45) is 7.92. The van der Waals surface area contributed by atoms with E-state index in [2.05, 4.69) is 19.8 Å². The molecule has 5 nitrogen and oxygen atoms in total. The summed E-state index contributed by atoms with van der Waals surface area (Å²) >= 11 is 0. The number of rotatable bonds is 3. The number of nitrogens with zero attached hydrogens (tertiary/aromatic N) is 3. The van der Waals surface area contributed by atoms with Crippen molar-refractivity contribution < 1.29 is 4.79 Å². The standard InChI is InChI=1S/C13H18N4O/c18-13-7-11-10(17(13)9-1-2-9)3-6-16(11)8-12-14-4-5-15-12/h4-5,9-11H,1-3,6-8H2,(H,14,15)/t10-,11-/m0/s1. The lowest BCUT2D eigenvalue weighted by Gasteiger charge is -2.24. The molecule has 96 valence electrons. The smallest absolute Gasteiger partial charge is 0.224 e. The average Bonchev–Trinajstić information content (AvgIpc) is 2.79. The fourth-order valence-electron chi connectivity index (χ4n) is 3.56. The zero-order valence-electron chi connectivity index (χ0n) is 10.4. The van der Waals surface area contributed by atoms with Crippen molar-refractivity contribution in [2.75, 3.05) is 6.54 Å². The second-order valence-corrected chi connectivity index (χ2v) is 5.67. The molecule has 1 aliphatic carbocycles. The van der Waals surface area contributed by atoms with Crippen LogP contribution >= 0.6 is 0 Å². The Kier molecular flexibility index (Phi) is 2.24. The second kappa shape index (κ2) is 3.82. The predicted molar refractivity (Wildman–Crippen MR) is 65.7 cm³/mol. The van der Waals surface area contributed by atoms with E-state index in [1.165, 1.54) is 12.8 Å². The van der Waals surface area contributed by atoms with Crippen LogP contribution < -0.4 is 0 Å². The SMILES string of the molecule is O=C1C[C@H]2[C@H](CCN2Cc2ncc[nH]2)N1C1CC1. The van der Waals surface area contributed by atoms with E-state index in [9.17, 15) is 4.79 Å². The molecule has 1 aromatic heterocycles. The van der Waals surface area contributed by atoms with Gasteiger partial charge < -0.3 is 9.88 Å². The van der Waals surface area contributed by atoms with Crippen LogP contribution in [-0.2, 0) is 11.3 Å². The molecule has 1 N–H and O–H groups in total. The third-order valence-electron chi connectivity index (χ3n) is 4.50. The van der Waals surface area contributed by atoms with Gasteiger partial charge in [-0.15, -0.1) is 0 Å². The summed E-state index contributed by atoms with van der Waals surface area (Å²) in [4.78, 5) is 24.1. The summed E-state index contributed by atoms with van der Waals surface area (Å²) in [7, 11) is 0. The van der Waals surface area contributed by atoms with Gasteiger partial charge >= 0.3 is 0 Å². The largest absolute Gasteiger partial charge is 0.348 e. The minimum absolute atomic E-state index is 0.372. The molecular formula is C13H18N4O. The molecule has 5 heteroatoms. The molecule has 0 aromatic carbocycles. The molecule has 2 saturated heterocycles. The number of aromatic amines is 1. The Morgan fingerprint density at radius 1 is 1.33 bits per heavy atom. The van der Waals surface area contributed by atoms with Crippen molar-refractivity contribution in [1.29, 1.82) is 0 Å². The van der Waals surface area contributed by atoms with E-state index in [-0.39, 0.29) is 0 Å². The molecule has 1 aromatic rings. The van der Waals surface area contributed by atoms with Crippen LogP contribution in [0.2, 0.25) is 0 Å². The number of nitrogens with one attached hydrogen (secondary N) is 1. The molecular weight excluding hydrogens is 228 g/mol. The summed E-state index contributed by atoms with van der Waals surface area (Å²) in [6.45, 7) is 1.94. The van der Waals surface area contributed by atoms with Gasteiger partial charge in [-0.1, -0.05) is 0 Å². The van der Waals surface area contributed by atoms with Gasteiger partial charge in [-0.2, -0.15) is 0 Å². The average molecular weight is 246 g/mol. The van der Waals surface area contributed by atoms with E-state index in [4.69, 9.17) is 0 Å². The van der Waals surface area contributed by atoms with Crippen LogP contribution in [-0.4, -0.2) is 50.3 Å². The van der Waals surface area contributed by atoms with Crippen LogP contribution in [0.3, 0.4) is 0 Å². The number of amides is 1.